The van der Waals surface area contributed by atoms with Crippen molar-refractivity contribution < 1.29 is 27.5 Å². The third kappa shape index (κ3) is 6.49. The molecule has 38 heavy (non-hydrogen) atoms. The lowest BCUT2D eigenvalue weighted by molar-refractivity contribution is 0.0994. The molecule has 3 rings (SSSR count). The van der Waals surface area contributed by atoms with E-state index >= 15 is 0 Å². The molecule has 0 radical (unpaired) electrons. The van der Waals surface area contributed by atoms with Crippen molar-refractivity contribution in [3.8, 4) is 5.88 Å². The molecule has 0 atom stereocenters. The van der Waals surface area contributed by atoms with Gasteiger partial charge in [0, 0.05) is 33.3 Å². The lowest BCUT2D eigenvalue weighted by atomic mass is 10.1. The van der Waals surface area contributed by atoms with E-state index in [-0.39, 0.29) is 34.3 Å². The number of hydrogen-bond donors (Lipinski definition) is 2. The van der Waals surface area contributed by atoms with E-state index in [1.54, 1.807) is 18.7 Å². The molecule has 1 saturated heterocycles. The van der Waals surface area contributed by atoms with Crippen molar-refractivity contribution in [1.29, 1.82) is 0 Å². The van der Waals surface area contributed by atoms with Crippen molar-refractivity contribution in [2.45, 2.75) is 45.1 Å². The molecule has 14 heteroatoms. The number of pyridine rings is 1. The van der Waals surface area contributed by atoms with Crippen molar-refractivity contribution in [2.24, 2.45) is 5.73 Å². The summed E-state index contributed by atoms with van der Waals surface area (Å²) in [5.41, 5.74) is 6.18. The summed E-state index contributed by atoms with van der Waals surface area (Å²) in [7, 11) is -2.35. The molecule has 0 spiro atoms. The lowest BCUT2D eigenvalue weighted by Gasteiger charge is -2.33. The van der Waals surface area contributed by atoms with Crippen LogP contribution in [-0.2, 0) is 27.7 Å². The Morgan fingerprint density at radius 3 is 2.45 bits per heavy atom. The van der Waals surface area contributed by atoms with E-state index < -0.39 is 21.8 Å². The summed E-state index contributed by atoms with van der Waals surface area (Å²) in [5.74, 6) is -1.52. The average molecular weight is 552 g/mol. The topological polar surface area (TPSA) is 162 Å². The van der Waals surface area contributed by atoms with E-state index in [0.29, 0.717) is 57.9 Å². The van der Waals surface area contributed by atoms with Crippen molar-refractivity contribution in [2.75, 3.05) is 58.4 Å². The minimum absolute atomic E-state index is 0.0239. The number of nitrogens with zero attached hydrogens (tertiary/aromatic N) is 5. The number of rotatable bonds is 13. The maximum absolute atomic E-state index is 13.5. The van der Waals surface area contributed by atoms with E-state index in [1.807, 2.05) is 13.8 Å². The molecule has 2 aromatic heterocycles. The predicted octanol–water partition coefficient (Wildman–Crippen LogP) is 0.953. The van der Waals surface area contributed by atoms with Crippen LogP contribution in [0.15, 0.2) is 17.2 Å². The minimum atomic E-state index is -3.89. The maximum Gasteiger partial charge on any atom is 0.271 e. The standard InChI is InChI=1S/C24H37N7O6S/c1-5-8-19-20(21(22(25)32)28-31(19)13-14-36-4)27-23(33)18-15-17(16-26-24(18)37-7-3)38(34,35)30-11-9-29(6-2)10-12-30/h15-16H,5-14H2,1-4H3,(H2,25,32)(H,27,33). The average Bonchev–Trinajstić information content (AvgIpc) is 3.24. The number of carbonyl (C=O) groups excluding carboxylic acids is 2. The number of aromatic nitrogens is 3. The normalized spacial score (nSPS) is 14.9. The number of methoxy groups -OCH3 is 1. The Morgan fingerprint density at radius 1 is 1.16 bits per heavy atom. The molecule has 2 amide bonds. The van der Waals surface area contributed by atoms with Gasteiger partial charge in [-0.2, -0.15) is 9.40 Å². The summed E-state index contributed by atoms with van der Waals surface area (Å²) in [6, 6.07) is 1.26. The van der Waals surface area contributed by atoms with Crippen LogP contribution in [0.5, 0.6) is 5.88 Å². The van der Waals surface area contributed by atoms with Gasteiger partial charge in [0.05, 0.1) is 37.3 Å². The number of primary amides is 1. The van der Waals surface area contributed by atoms with Gasteiger partial charge < -0.3 is 25.4 Å². The van der Waals surface area contributed by atoms with Crippen molar-refractivity contribution in [3.05, 3.63) is 29.2 Å². The van der Waals surface area contributed by atoms with Crippen LogP contribution in [0.25, 0.3) is 0 Å². The van der Waals surface area contributed by atoms with Gasteiger partial charge in [-0.3, -0.25) is 14.3 Å². The molecule has 0 saturated carbocycles. The first-order valence-corrected chi connectivity index (χ1v) is 14.2. The molecule has 0 aromatic carbocycles. The summed E-state index contributed by atoms with van der Waals surface area (Å²) in [5, 5.41) is 7.03. The number of nitrogens with one attached hydrogen (secondary N) is 1. The van der Waals surface area contributed by atoms with Crippen LogP contribution in [0, 0.1) is 0 Å². The van der Waals surface area contributed by atoms with Gasteiger partial charge in [-0.25, -0.2) is 13.4 Å². The molecule has 2 aromatic rings. The zero-order chi connectivity index (χ0) is 27.9. The molecule has 0 bridgehead atoms. The molecule has 3 heterocycles. The Labute approximate surface area is 223 Å². The largest absolute Gasteiger partial charge is 0.477 e. The molecule has 1 fully saturated rings. The first kappa shape index (κ1) is 29.5. The molecular formula is C24H37N7O6S. The van der Waals surface area contributed by atoms with E-state index in [1.165, 1.54) is 16.6 Å². The van der Waals surface area contributed by atoms with E-state index in [0.717, 1.165) is 6.54 Å². The maximum atomic E-state index is 13.5. The number of ether oxygens (including phenoxy) is 2. The fraction of sp³-hybridized carbons (Fsp3) is 0.583. The Morgan fingerprint density at radius 2 is 1.87 bits per heavy atom. The van der Waals surface area contributed by atoms with Crippen molar-refractivity contribution in [1.82, 2.24) is 24.0 Å². The van der Waals surface area contributed by atoms with Crippen LogP contribution in [-0.4, -0.2) is 97.2 Å². The van der Waals surface area contributed by atoms with Gasteiger partial charge in [0.1, 0.15) is 10.5 Å². The van der Waals surface area contributed by atoms with E-state index in [9.17, 15) is 18.0 Å². The lowest BCUT2D eigenvalue weighted by Crippen LogP contribution is -2.48. The molecular weight excluding hydrogens is 514 g/mol. The van der Waals surface area contributed by atoms with E-state index in [2.05, 4.69) is 20.3 Å². The van der Waals surface area contributed by atoms with Crippen molar-refractivity contribution in [3.63, 3.8) is 0 Å². The zero-order valence-electron chi connectivity index (χ0n) is 22.4. The van der Waals surface area contributed by atoms with Gasteiger partial charge in [0.15, 0.2) is 5.69 Å². The highest BCUT2D eigenvalue weighted by Gasteiger charge is 2.31. The van der Waals surface area contributed by atoms with Crippen LogP contribution in [0.1, 0.15) is 53.7 Å². The highest BCUT2D eigenvalue weighted by atomic mass is 32.2. The monoisotopic (exact) mass is 551 g/mol. The third-order valence-corrected chi connectivity index (χ3v) is 8.16. The van der Waals surface area contributed by atoms with Gasteiger partial charge in [0.2, 0.25) is 15.9 Å². The summed E-state index contributed by atoms with van der Waals surface area (Å²) < 4.78 is 40.4. The van der Waals surface area contributed by atoms with Gasteiger partial charge in [-0.05, 0) is 26.0 Å². The molecule has 210 valence electrons. The predicted molar refractivity (Wildman–Crippen MR) is 141 cm³/mol. The number of carbonyl (C=O) groups is 2. The first-order valence-electron chi connectivity index (χ1n) is 12.7. The number of likely N-dealkylation sites (N-methyl/N-ethyl adjacent to an activating group) is 1. The number of hydrogen-bond acceptors (Lipinski definition) is 9. The summed E-state index contributed by atoms with van der Waals surface area (Å²) >= 11 is 0. The first-order chi connectivity index (χ1) is 18.2. The Kier molecular flexibility index (Phi) is 10.2. The van der Waals surface area contributed by atoms with Crippen LogP contribution in [0.2, 0.25) is 0 Å². The fourth-order valence-corrected chi connectivity index (χ4v) is 5.65. The Balaban J connectivity index is 2.00. The number of sulfonamides is 1. The Bertz CT molecular complexity index is 1240. The third-order valence-electron chi connectivity index (χ3n) is 6.29. The second kappa shape index (κ2) is 13.1. The van der Waals surface area contributed by atoms with E-state index in [4.69, 9.17) is 15.2 Å². The smallest absolute Gasteiger partial charge is 0.271 e. The number of amides is 2. The fourth-order valence-electron chi connectivity index (χ4n) is 4.26. The molecule has 3 N–H and O–H groups in total. The number of anilines is 1. The van der Waals surface area contributed by atoms with Gasteiger partial charge in [0.25, 0.3) is 11.8 Å². The zero-order valence-corrected chi connectivity index (χ0v) is 23.2. The second-order valence-corrected chi connectivity index (χ2v) is 10.7. The van der Waals surface area contributed by atoms with Crippen LogP contribution in [0.4, 0.5) is 5.69 Å². The number of nitrogens with two attached hydrogens (primary N) is 1. The molecule has 1 aliphatic rings. The minimum Gasteiger partial charge on any atom is -0.477 e. The van der Waals surface area contributed by atoms with Crippen LogP contribution >= 0.6 is 0 Å². The second-order valence-electron chi connectivity index (χ2n) is 8.75. The van der Waals surface area contributed by atoms with Gasteiger partial charge in [-0.1, -0.05) is 20.3 Å². The quantitative estimate of drug-likeness (QED) is 0.369. The molecule has 1 aliphatic heterocycles. The highest BCUT2D eigenvalue weighted by molar-refractivity contribution is 7.89. The Hall–Kier alpha value is -3.07. The summed E-state index contributed by atoms with van der Waals surface area (Å²) in [6.07, 6.45) is 2.42. The van der Waals surface area contributed by atoms with Crippen LogP contribution in [0.3, 0.4) is 0 Å². The molecule has 0 aliphatic carbocycles. The number of piperazine rings is 1. The summed E-state index contributed by atoms with van der Waals surface area (Å²) in [6.45, 7) is 9.39. The molecule has 13 nitrogen and oxygen atoms in total. The highest BCUT2D eigenvalue weighted by Crippen LogP contribution is 2.27. The van der Waals surface area contributed by atoms with Crippen molar-refractivity contribution >= 4 is 27.5 Å². The summed E-state index contributed by atoms with van der Waals surface area (Å²) in [4.78, 5) is 31.9. The van der Waals surface area contributed by atoms with Gasteiger partial charge >= 0.3 is 0 Å². The van der Waals surface area contributed by atoms with Gasteiger partial charge in [-0.15, -0.1) is 0 Å². The molecule has 0 unspecified atom stereocenters. The van der Waals surface area contributed by atoms with Crippen LogP contribution < -0.4 is 15.8 Å². The SMILES string of the molecule is CCCc1c(NC(=O)c2cc(S(=O)(=O)N3CCN(CC)CC3)cnc2OCC)c(C(N)=O)nn1CCOC.